The molecule has 41 heavy (non-hydrogen) atoms. The summed E-state index contributed by atoms with van der Waals surface area (Å²) < 4.78 is 44.6. The Bertz CT molecular complexity index is 1640. The molecule has 2 atom stereocenters. The summed E-state index contributed by atoms with van der Waals surface area (Å²) >= 11 is 0. The van der Waals surface area contributed by atoms with Gasteiger partial charge in [-0.3, -0.25) is 4.79 Å². The number of amides is 1. The van der Waals surface area contributed by atoms with Gasteiger partial charge in [-0.1, -0.05) is 43.3 Å². The molecule has 1 amide bonds. The van der Waals surface area contributed by atoms with Gasteiger partial charge < -0.3 is 9.47 Å². The molecule has 7 nitrogen and oxygen atoms in total. The predicted molar refractivity (Wildman–Crippen MR) is 157 cm³/mol. The van der Waals surface area contributed by atoms with Crippen molar-refractivity contribution >= 4 is 21.6 Å². The fourth-order valence-corrected chi connectivity index (χ4v) is 6.65. The van der Waals surface area contributed by atoms with E-state index in [1.54, 1.807) is 11.1 Å². The molecule has 214 valence electrons. The van der Waals surface area contributed by atoms with Gasteiger partial charge in [0.05, 0.1) is 23.3 Å². The molecule has 0 unspecified atom stereocenters. The lowest BCUT2D eigenvalue weighted by Gasteiger charge is -2.30. The molecule has 1 aliphatic carbocycles. The summed E-state index contributed by atoms with van der Waals surface area (Å²) in [5.41, 5.74) is 4.61. The number of hydrogen-bond acceptors (Lipinski definition) is 4. The third-order valence-corrected chi connectivity index (χ3v) is 9.45. The molecule has 1 aromatic heterocycles. The summed E-state index contributed by atoms with van der Waals surface area (Å²) in [5, 5.41) is 0. The number of imidazole rings is 1. The number of carbonyl (C=O) groups is 1. The normalized spacial score (nSPS) is 15.8. The molecule has 0 saturated carbocycles. The Kier molecular flexibility index (Phi) is 8.37. The Morgan fingerprint density at radius 1 is 1.12 bits per heavy atom. The standard InChI is InChI=1S/C32H35FN4O3S/c1-22(24-8-5-4-6-9-24)18-32(38)37(21-28-20-34-23(2)36(28)3)27-15-12-25-10-7-11-31(30(25)19-27)35-41(39,40)29-16-13-26(33)14-17-29/h4-6,8-9,12-17,19-20,22,31,35H,7,10-11,18,21H2,1-3H3/t22-,31-/m0/s1. The summed E-state index contributed by atoms with van der Waals surface area (Å²) in [6, 6.07) is 20.2. The van der Waals surface area contributed by atoms with Crippen molar-refractivity contribution < 1.29 is 17.6 Å². The molecule has 3 aromatic carbocycles. The second-order valence-electron chi connectivity index (χ2n) is 10.8. The van der Waals surface area contributed by atoms with Gasteiger partial charge >= 0.3 is 0 Å². The Labute approximate surface area is 241 Å². The summed E-state index contributed by atoms with van der Waals surface area (Å²) in [5.74, 6) is 0.351. The lowest BCUT2D eigenvalue weighted by molar-refractivity contribution is -0.119. The first kappa shape index (κ1) is 28.7. The average Bonchev–Trinajstić information content (AvgIpc) is 3.28. The summed E-state index contributed by atoms with van der Waals surface area (Å²) in [6.07, 6.45) is 4.38. The number of halogens is 1. The molecular formula is C32H35FN4O3S. The lowest BCUT2D eigenvalue weighted by atomic mass is 9.87. The van der Waals surface area contributed by atoms with Crippen molar-refractivity contribution in [3.63, 3.8) is 0 Å². The molecule has 9 heteroatoms. The van der Waals surface area contributed by atoms with Crippen LogP contribution >= 0.6 is 0 Å². The molecule has 0 aliphatic heterocycles. The number of sulfonamides is 1. The fraction of sp³-hybridized carbons (Fsp3) is 0.312. The number of fused-ring (bicyclic) bond motifs is 1. The summed E-state index contributed by atoms with van der Waals surface area (Å²) in [6.45, 7) is 4.30. The highest BCUT2D eigenvalue weighted by Gasteiger charge is 2.28. The van der Waals surface area contributed by atoms with Crippen LogP contribution in [0.4, 0.5) is 10.1 Å². The van der Waals surface area contributed by atoms with Crippen LogP contribution in [0.2, 0.25) is 0 Å². The Morgan fingerprint density at radius 2 is 1.85 bits per heavy atom. The van der Waals surface area contributed by atoms with Crippen molar-refractivity contribution in [1.82, 2.24) is 14.3 Å². The van der Waals surface area contributed by atoms with Gasteiger partial charge in [0.15, 0.2) is 0 Å². The van der Waals surface area contributed by atoms with Crippen LogP contribution in [0.5, 0.6) is 0 Å². The lowest BCUT2D eigenvalue weighted by Crippen LogP contribution is -2.33. The molecular weight excluding hydrogens is 539 g/mol. The third kappa shape index (κ3) is 6.41. The number of nitrogens with zero attached hydrogens (tertiary/aromatic N) is 3. The second-order valence-corrected chi connectivity index (χ2v) is 12.5. The van der Waals surface area contributed by atoms with E-state index in [1.165, 1.54) is 12.1 Å². The SMILES string of the molecule is Cc1ncc(CN(C(=O)C[C@H](C)c2ccccc2)c2ccc3c(c2)[C@@H](NS(=O)(=O)c2ccc(F)cc2)CCC3)n1C. The smallest absolute Gasteiger partial charge is 0.241 e. The van der Waals surface area contributed by atoms with E-state index < -0.39 is 21.9 Å². The predicted octanol–water partition coefficient (Wildman–Crippen LogP) is 5.95. The van der Waals surface area contributed by atoms with Gasteiger partial charge in [-0.15, -0.1) is 0 Å². The summed E-state index contributed by atoms with van der Waals surface area (Å²) in [7, 11) is -1.94. The molecule has 5 rings (SSSR count). The first-order valence-corrected chi connectivity index (χ1v) is 15.3. The minimum atomic E-state index is -3.88. The summed E-state index contributed by atoms with van der Waals surface area (Å²) in [4.78, 5) is 20.1. The van der Waals surface area contributed by atoms with E-state index in [9.17, 15) is 17.6 Å². The third-order valence-electron chi connectivity index (χ3n) is 7.96. The van der Waals surface area contributed by atoms with E-state index in [1.807, 2.05) is 74.0 Å². The molecule has 0 fully saturated rings. The first-order chi connectivity index (χ1) is 19.6. The molecule has 4 aromatic rings. The number of benzene rings is 3. The van der Waals surface area contributed by atoms with Gasteiger partial charge in [0.2, 0.25) is 15.9 Å². The van der Waals surface area contributed by atoms with Gasteiger partial charge in [0.1, 0.15) is 11.6 Å². The maximum Gasteiger partial charge on any atom is 0.241 e. The molecule has 1 aliphatic rings. The van der Waals surface area contributed by atoms with Crippen molar-refractivity contribution in [3.05, 3.63) is 113 Å². The molecule has 0 radical (unpaired) electrons. The molecule has 0 spiro atoms. The number of aryl methyl sites for hydroxylation is 2. The van der Waals surface area contributed by atoms with E-state index in [0.29, 0.717) is 25.1 Å². The maximum absolute atomic E-state index is 13.9. The monoisotopic (exact) mass is 574 g/mol. The minimum Gasteiger partial charge on any atom is -0.334 e. The Morgan fingerprint density at radius 3 is 2.54 bits per heavy atom. The molecule has 0 saturated heterocycles. The van der Waals surface area contributed by atoms with Crippen LogP contribution in [0.25, 0.3) is 0 Å². The van der Waals surface area contributed by atoms with E-state index in [4.69, 9.17) is 0 Å². The van der Waals surface area contributed by atoms with Gasteiger partial charge in [-0.05, 0) is 85.2 Å². The van der Waals surface area contributed by atoms with E-state index in [0.717, 1.165) is 53.2 Å². The van der Waals surface area contributed by atoms with Crippen molar-refractivity contribution in [1.29, 1.82) is 0 Å². The van der Waals surface area contributed by atoms with E-state index in [2.05, 4.69) is 9.71 Å². The van der Waals surface area contributed by atoms with Gasteiger partial charge in [-0.2, -0.15) is 0 Å². The highest BCUT2D eigenvalue weighted by Crippen LogP contribution is 2.35. The van der Waals surface area contributed by atoms with Crippen LogP contribution in [0, 0.1) is 12.7 Å². The zero-order chi connectivity index (χ0) is 29.1. The van der Waals surface area contributed by atoms with Gasteiger partial charge in [0, 0.05) is 25.2 Å². The number of anilines is 1. The largest absolute Gasteiger partial charge is 0.334 e. The minimum absolute atomic E-state index is 0.0143. The number of aromatic nitrogens is 2. The number of hydrogen-bond donors (Lipinski definition) is 1. The Hall–Kier alpha value is -3.82. The van der Waals surface area contributed by atoms with Gasteiger partial charge in [-0.25, -0.2) is 22.5 Å². The van der Waals surface area contributed by atoms with Crippen molar-refractivity contribution in [2.75, 3.05) is 4.90 Å². The highest BCUT2D eigenvalue weighted by molar-refractivity contribution is 7.89. The molecule has 0 bridgehead atoms. The quantitative estimate of drug-likeness (QED) is 0.268. The fourth-order valence-electron chi connectivity index (χ4n) is 5.40. The van der Waals surface area contributed by atoms with Crippen LogP contribution in [0.3, 0.4) is 0 Å². The van der Waals surface area contributed by atoms with Crippen LogP contribution in [-0.4, -0.2) is 23.9 Å². The van der Waals surface area contributed by atoms with E-state index >= 15 is 0 Å². The van der Waals surface area contributed by atoms with Crippen LogP contribution in [-0.2, 0) is 34.8 Å². The topological polar surface area (TPSA) is 84.3 Å². The highest BCUT2D eigenvalue weighted by atomic mass is 32.2. The van der Waals surface area contributed by atoms with Crippen LogP contribution in [0.1, 0.15) is 66.4 Å². The van der Waals surface area contributed by atoms with Crippen molar-refractivity contribution in [2.24, 2.45) is 7.05 Å². The van der Waals surface area contributed by atoms with E-state index in [-0.39, 0.29) is 16.7 Å². The average molecular weight is 575 g/mol. The van der Waals surface area contributed by atoms with Crippen LogP contribution in [0.15, 0.2) is 83.9 Å². The molecule has 1 N–H and O–H groups in total. The molecule has 1 heterocycles. The first-order valence-electron chi connectivity index (χ1n) is 13.9. The van der Waals surface area contributed by atoms with Crippen molar-refractivity contribution in [3.8, 4) is 0 Å². The maximum atomic E-state index is 13.9. The number of carbonyl (C=O) groups excluding carboxylic acids is 1. The number of rotatable bonds is 9. The van der Waals surface area contributed by atoms with Crippen molar-refractivity contribution in [2.45, 2.75) is 62.9 Å². The number of nitrogens with one attached hydrogen (secondary N) is 1. The van der Waals surface area contributed by atoms with Crippen LogP contribution < -0.4 is 9.62 Å². The Balaban J connectivity index is 1.47. The zero-order valence-corrected chi connectivity index (χ0v) is 24.4. The zero-order valence-electron chi connectivity index (χ0n) is 23.5. The van der Waals surface area contributed by atoms with Gasteiger partial charge in [0.25, 0.3) is 0 Å². The second kappa shape index (κ2) is 12.0.